The topological polar surface area (TPSA) is 72.9 Å². The summed E-state index contributed by atoms with van der Waals surface area (Å²) < 4.78 is 32.7. The highest BCUT2D eigenvalue weighted by Gasteiger charge is 2.31. The van der Waals surface area contributed by atoms with Crippen molar-refractivity contribution in [1.82, 2.24) is 4.90 Å². The molecule has 20 heavy (non-hydrogen) atoms. The lowest BCUT2D eigenvalue weighted by molar-refractivity contribution is 0.00874. The van der Waals surface area contributed by atoms with Gasteiger partial charge in [-0.15, -0.1) is 0 Å². The molecule has 1 fully saturated rings. The lowest BCUT2D eigenvalue weighted by Crippen LogP contribution is -2.45. The first kappa shape index (κ1) is 17.2. The van der Waals surface area contributed by atoms with E-state index in [9.17, 15) is 13.2 Å². The van der Waals surface area contributed by atoms with Crippen molar-refractivity contribution >= 4 is 16.2 Å². The van der Waals surface area contributed by atoms with Gasteiger partial charge in [0, 0.05) is 19.0 Å². The Morgan fingerprint density at radius 3 is 2.45 bits per heavy atom. The Labute approximate surface area is 121 Å². The fourth-order valence-corrected chi connectivity index (χ4v) is 2.95. The molecule has 0 radical (unpaired) electrons. The van der Waals surface area contributed by atoms with Gasteiger partial charge in [-0.3, -0.25) is 4.18 Å². The van der Waals surface area contributed by atoms with Crippen molar-refractivity contribution in [3.05, 3.63) is 0 Å². The highest BCUT2D eigenvalue weighted by Crippen LogP contribution is 2.24. The highest BCUT2D eigenvalue weighted by atomic mass is 32.2. The molecule has 1 heterocycles. The van der Waals surface area contributed by atoms with E-state index >= 15 is 0 Å². The van der Waals surface area contributed by atoms with Gasteiger partial charge in [0.05, 0.1) is 12.4 Å². The quantitative estimate of drug-likeness (QED) is 0.746. The zero-order valence-electron chi connectivity index (χ0n) is 12.9. The lowest BCUT2D eigenvalue weighted by Gasteiger charge is -2.36. The smallest absolute Gasteiger partial charge is 0.410 e. The van der Waals surface area contributed by atoms with Crippen LogP contribution in [-0.4, -0.2) is 50.5 Å². The van der Waals surface area contributed by atoms with E-state index in [1.54, 1.807) is 11.8 Å². The number of piperidine rings is 1. The molecule has 0 unspecified atom stereocenters. The number of amides is 1. The predicted molar refractivity (Wildman–Crippen MR) is 75.9 cm³/mol. The Bertz CT molecular complexity index is 440. The summed E-state index contributed by atoms with van der Waals surface area (Å²) in [5.41, 5.74) is -0.529. The van der Waals surface area contributed by atoms with Crippen LogP contribution >= 0.6 is 0 Å². The van der Waals surface area contributed by atoms with Crippen LogP contribution in [0.15, 0.2) is 0 Å². The van der Waals surface area contributed by atoms with Crippen LogP contribution in [0, 0.1) is 5.92 Å². The number of hydrogen-bond donors (Lipinski definition) is 0. The summed E-state index contributed by atoms with van der Waals surface area (Å²) in [6.45, 7) is 8.29. The van der Waals surface area contributed by atoms with Gasteiger partial charge in [0.15, 0.2) is 0 Å². The number of ether oxygens (including phenoxy) is 1. The molecule has 6 nitrogen and oxygen atoms in total. The van der Waals surface area contributed by atoms with Crippen molar-refractivity contribution in [2.24, 2.45) is 5.92 Å². The summed E-state index contributed by atoms with van der Waals surface area (Å²) in [4.78, 5) is 13.6. The van der Waals surface area contributed by atoms with Crippen LogP contribution in [0.1, 0.15) is 40.5 Å². The predicted octanol–water partition coefficient (Wildman–Crippen LogP) is 2.00. The van der Waals surface area contributed by atoms with Gasteiger partial charge in [-0.1, -0.05) is 0 Å². The van der Waals surface area contributed by atoms with E-state index in [1.807, 2.05) is 20.8 Å². The molecule has 2 atom stereocenters. The summed E-state index contributed by atoms with van der Waals surface area (Å²) in [5.74, 6) is 0.00555. The normalized spacial score (nSPS) is 22.4. The molecule has 1 saturated heterocycles. The van der Waals surface area contributed by atoms with Crippen molar-refractivity contribution in [2.75, 3.05) is 19.3 Å². The van der Waals surface area contributed by atoms with Crippen LogP contribution in [0.25, 0.3) is 0 Å². The zero-order chi connectivity index (χ0) is 15.6. The third-order valence-corrected chi connectivity index (χ3v) is 3.75. The second kappa shape index (κ2) is 6.30. The lowest BCUT2D eigenvalue weighted by atomic mass is 9.94. The Morgan fingerprint density at radius 2 is 1.95 bits per heavy atom. The Hall–Kier alpha value is -0.820. The van der Waals surface area contributed by atoms with Crippen molar-refractivity contribution in [3.8, 4) is 0 Å². The van der Waals surface area contributed by atoms with E-state index in [0.29, 0.717) is 13.1 Å². The third-order valence-electron chi connectivity index (χ3n) is 3.10. The molecule has 0 spiro atoms. The second-order valence-corrected chi connectivity index (χ2v) is 7.93. The molecule has 1 amide bonds. The Morgan fingerprint density at radius 1 is 1.35 bits per heavy atom. The fraction of sp³-hybridized carbons (Fsp3) is 0.923. The summed E-state index contributed by atoms with van der Waals surface area (Å²) in [6.07, 6.45) is 1.92. The molecule has 1 aliphatic heterocycles. The van der Waals surface area contributed by atoms with Crippen molar-refractivity contribution in [1.29, 1.82) is 0 Å². The van der Waals surface area contributed by atoms with E-state index in [-0.39, 0.29) is 12.0 Å². The van der Waals surface area contributed by atoms with Crippen molar-refractivity contribution < 1.29 is 22.1 Å². The summed E-state index contributed by atoms with van der Waals surface area (Å²) in [7, 11) is -3.47. The number of carbonyl (C=O) groups excluding carboxylic acids is 1. The monoisotopic (exact) mass is 307 g/mol. The molecule has 0 aromatic carbocycles. The molecule has 0 aromatic rings. The van der Waals surface area contributed by atoms with E-state index in [0.717, 1.165) is 19.1 Å². The summed E-state index contributed by atoms with van der Waals surface area (Å²) in [5, 5.41) is 0. The van der Waals surface area contributed by atoms with Gasteiger partial charge < -0.3 is 9.64 Å². The molecule has 0 aliphatic carbocycles. The molecule has 0 bridgehead atoms. The summed E-state index contributed by atoms with van der Waals surface area (Å²) >= 11 is 0. The molecule has 118 valence electrons. The molecule has 0 N–H and O–H groups in total. The number of carbonyl (C=O) groups is 1. The van der Waals surface area contributed by atoms with Crippen LogP contribution in [0.5, 0.6) is 0 Å². The van der Waals surface area contributed by atoms with Gasteiger partial charge in [-0.05, 0) is 40.5 Å². The molecule has 1 rings (SSSR count). The fourth-order valence-electron chi connectivity index (χ4n) is 2.24. The first-order valence-corrected chi connectivity index (χ1v) is 8.66. The van der Waals surface area contributed by atoms with Gasteiger partial charge in [0.1, 0.15) is 5.60 Å². The minimum Gasteiger partial charge on any atom is -0.444 e. The molecular weight excluding hydrogens is 282 g/mol. The van der Waals surface area contributed by atoms with Crippen LogP contribution in [0.2, 0.25) is 0 Å². The first-order chi connectivity index (χ1) is 8.98. The SMILES string of the molecule is C[C@H](OS(C)(=O)=O)[C@@H]1CCCN(C(=O)OC(C)(C)C)C1. The minimum absolute atomic E-state index is 0.00555. The minimum atomic E-state index is -3.47. The molecule has 0 aromatic heterocycles. The number of nitrogens with zero attached hydrogens (tertiary/aromatic N) is 1. The van der Waals surface area contributed by atoms with Crippen molar-refractivity contribution in [2.45, 2.75) is 52.2 Å². The van der Waals surface area contributed by atoms with Gasteiger partial charge in [0.25, 0.3) is 10.1 Å². The maximum Gasteiger partial charge on any atom is 0.410 e. The van der Waals surface area contributed by atoms with Crippen LogP contribution in [-0.2, 0) is 19.0 Å². The Balaban J connectivity index is 2.60. The maximum atomic E-state index is 12.0. The molecule has 7 heteroatoms. The van der Waals surface area contributed by atoms with Crippen molar-refractivity contribution in [3.63, 3.8) is 0 Å². The first-order valence-electron chi connectivity index (χ1n) is 6.84. The van der Waals surface area contributed by atoms with E-state index in [2.05, 4.69) is 0 Å². The molecular formula is C13H25NO5S. The molecule has 0 saturated carbocycles. The third kappa shape index (κ3) is 6.09. The Kier molecular flexibility index (Phi) is 5.43. The van der Waals surface area contributed by atoms with Gasteiger partial charge in [-0.25, -0.2) is 4.79 Å². The van der Waals surface area contributed by atoms with Crippen LogP contribution < -0.4 is 0 Å². The largest absolute Gasteiger partial charge is 0.444 e. The zero-order valence-corrected chi connectivity index (χ0v) is 13.7. The maximum absolute atomic E-state index is 12.0. The highest BCUT2D eigenvalue weighted by molar-refractivity contribution is 7.86. The molecule has 1 aliphatic rings. The number of likely N-dealkylation sites (tertiary alicyclic amines) is 1. The van der Waals surface area contributed by atoms with Gasteiger partial charge in [0.2, 0.25) is 0 Å². The second-order valence-electron chi connectivity index (χ2n) is 6.33. The summed E-state index contributed by atoms with van der Waals surface area (Å²) in [6, 6.07) is 0. The van der Waals surface area contributed by atoms with E-state index in [4.69, 9.17) is 8.92 Å². The van der Waals surface area contributed by atoms with E-state index < -0.39 is 21.8 Å². The average molecular weight is 307 g/mol. The standard InChI is InChI=1S/C13H25NO5S/c1-10(19-20(5,16)17)11-7-6-8-14(9-11)12(15)18-13(2,3)4/h10-11H,6-9H2,1-5H3/t10-,11+/m0/s1. The van der Waals surface area contributed by atoms with Gasteiger partial charge in [-0.2, -0.15) is 8.42 Å². The average Bonchev–Trinajstić information content (AvgIpc) is 2.24. The number of rotatable bonds is 3. The number of hydrogen-bond acceptors (Lipinski definition) is 5. The van der Waals surface area contributed by atoms with E-state index in [1.165, 1.54) is 0 Å². The van der Waals surface area contributed by atoms with Crippen LogP contribution in [0.3, 0.4) is 0 Å². The van der Waals surface area contributed by atoms with Gasteiger partial charge >= 0.3 is 6.09 Å². The van der Waals surface area contributed by atoms with Crippen LogP contribution in [0.4, 0.5) is 4.79 Å².